The van der Waals surface area contributed by atoms with Gasteiger partial charge in [0.2, 0.25) is 5.91 Å². The normalized spacial score (nSPS) is 10.7. The molecular weight excluding hydrogens is 312 g/mol. The maximum atomic E-state index is 12.1. The van der Waals surface area contributed by atoms with E-state index in [1.807, 2.05) is 18.2 Å². The van der Waals surface area contributed by atoms with Crippen LogP contribution < -0.4 is 10.1 Å². The number of fused-ring (bicyclic) bond motifs is 1. The fraction of sp³-hybridized carbons (Fsp3) is 0.176. The number of carboxylic acids is 1. The Morgan fingerprint density at radius 1 is 1.38 bits per heavy atom. The van der Waals surface area contributed by atoms with Crippen molar-refractivity contribution >= 4 is 22.8 Å². The molecule has 0 radical (unpaired) electrons. The molecule has 124 valence electrons. The largest absolute Gasteiger partial charge is 0.495 e. The molecule has 0 saturated carbocycles. The summed E-state index contributed by atoms with van der Waals surface area (Å²) in [6.45, 7) is 0.137. The Hall–Kier alpha value is -3.22. The van der Waals surface area contributed by atoms with Crippen molar-refractivity contribution in [2.24, 2.45) is 0 Å². The Kier molecular flexibility index (Phi) is 4.24. The Morgan fingerprint density at radius 2 is 2.21 bits per heavy atom. The zero-order valence-corrected chi connectivity index (χ0v) is 13.0. The van der Waals surface area contributed by atoms with Crippen LogP contribution in [0.2, 0.25) is 0 Å². The third-order valence-electron chi connectivity index (χ3n) is 3.69. The zero-order chi connectivity index (χ0) is 17.1. The third-order valence-corrected chi connectivity index (χ3v) is 3.69. The predicted molar refractivity (Wildman–Crippen MR) is 86.1 cm³/mol. The number of aromatic nitrogens is 1. The highest BCUT2D eigenvalue weighted by atomic mass is 16.5. The standard InChI is InChI=1S/C17H16N2O5/c1-23-14-4-2-3-13-10(7-19-16(13)14)6-15(20)18-8-12-5-11(9-24-12)17(21)22/h2-5,7,9,19H,6,8H2,1H3,(H,18,20)(H,21,22). The number of aromatic amines is 1. The lowest BCUT2D eigenvalue weighted by molar-refractivity contribution is -0.120. The van der Waals surface area contributed by atoms with Gasteiger partial charge in [0, 0.05) is 11.6 Å². The summed E-state index contributed by atoms with van der Waals surface area (Å²) in [4.78, 5) is 26.0. The number of carboxylic acid groups (broad SMARTS) is 1. The van der Waals surface area contributed by atoms with Gasteiger partial charge in [-0.15, -0.1) is 0 Å². The first-order valence-electron chi connectivity index (χ1n) is 7.29. The van der Waals surface area contributed by atoms with E-state index >= 15 is 0 Å². The minimum atomic E-state index is -1.07. The van der Waals surface area contributed by atoms with E-state index in [2.05, 4.69) is 10.3 Å². The lowest BCUT2D eigenvalue weighted by atomic mass is 10.1. The highest BCUT2D eigenvalue weighted by molar-refractivity contribution is 5.92. The Morgan fingerprint density at radius 3 is 2.92 bits per heavy atom. The van der Waals surface area contributed by atoms with Gasteiger partial charge in [0.25, 0.3) is 0 Å². The van der Waals surface area contributed by atoms with Crippen molar-refractivity contribution in [1.82, 2.24) is 10.3 Å². The van der Waals surface area contributed by atoms with Crippen LogP contribution in [0, 0.1) is 0 Å². The number of rotatable bonds is 6. The molecule has 0 fully saturated rings. The van der Waals surface area contributed by atoms with Crippen LogP contribution in [-0.4, -0.2) is 29.1 Å². The topological polar surface area (TPSA) is 105 Å². The third kappa shape index (κ3) is 3.10. The average Bonchev–Trinajstić information content (AvgIpc) is 3.20. The van der Waals surface area contributed by atoms with Gasteiger partial charge in [-0.3, -0.25) is 4.79 Å². The predicted octanol–water partition coefficient (Wildman–Crippen LogP) is 2.33. The second kappa shape index (κ2) is 6.49. The van der Waals surface area contributed by atoms with Crippen LogP contribution in [0.4, 0.5) is 0 Å². The molecule has 0 aliphatic carbocycles. The quantitative estimate of drug-likeness (QED) is 0.644. The van der Waals surface area contributed by atoms with E-state index in [-0.39, 0.29) is 24.4 Å². The van der Waals surface area contributed by atoms with Gasteiger partial charge >= 0.3 is 5.97 Å². The highest BCUT2D eigenvalue weighted by Gasteiger charge is 2.13. The first kappa shape index (κ1) is 15.7. The molecule has 2 aromatic heterocycles. The summed E-state index contributed by atoms with van der Waals surface area (Å²) < 4.78 is 10.4. The number of furan rings is 1. The molecule has 0 aliphatic heterocycles. The van der Waals surface area contributed by atoms with Crippen molar-refractivity contribution in [1.29, 1.82) is 0 Å². The number of benzene rings is 1. The summed E-state index contributed by atoms with van der Waals surface area (Å²) in [7, 11) is 1.59. The SMILES string of the molecule is COc1cccc2c(CC(=O)NCc3cc(C(=O)O)co3)c[nH]c12. The number of hydrogen-bond acceptors (Lipinski definition) is 4. The minimum absolute atomic E-state index is 0.0583. The molecule has 2 heterocycles. The molecule has 0 aliphatic rings. The molecule has 3 rings (SSSR count). The number of para-hydroxylation sites is 1. The number of H-pyrrole nitrogens is 1. The molecule has 24 heavy (non-hydrogen) atoms. The van der Waals surface area contributed by atoms with Gasteiger partial charge in [-0.05, 0) is 17.7 Å². The van der Waals surface area contributed by atoms with E-state index < -0.39 is 5.97 Å². The van der Waals surface area contributed by atoms with Crippen LogP contribution in [-0.2, 0) is 17.8 Å². The number of methoxy groups -OCH3 is 1. The van der Waals surface area contributed by atoms with Gasteiger partial charge in [-0.25, -0.2) is 4.79 Å². The van der Waals surface area contributed by atoms with E-state index in [9.17, 15) is 9.59 Å². The molecule has 0 atom stereocenters. The fourth-order valence-corrected chi connectivity index (χ4v) is 2.51. The van der Waals surface area contributed by atoms with Crippen molar-refractivity contribution in [3.05, 3.63) is 53.6 Å². The van der Waals surface area contributed by atoms with Crippen LogP contribution in [0.25, 0.3) is 10.9 Å². The average molecular weight is 328 g/mol. The van der Waals surface area contributed by atoms with Gasteiger partial charge in [0.05, 0.1) is 31.2 Å². The van der Waals surface area contributed by atoms with Crippen LogP contribution >= 0.6 is 0 Å². The van der Waals surface area contributed by atoms with Crippen molar-refractivity contribution < 1.29 is 23.8 Å². The molecule has 0 saturated heterocycles. The molecule has 1 amide bonds. The summed E-state index contributed by atoms with van der Waals surface area (Å²) in [5.41, 5.74) is 1.76. The monoisotopic (exact) mass is 328 g/mol. The van der Waals surface area contributed by atoms with Gasteiger partial charge in [0.15, 0.2) is 0 Å². The van der Waals surface area contributed by atoms with Crippen molar-refractivity contribution in [3.63, 3.8) is 0 Å². The summed E-state index contributed by atoms with van der Waals surface area (Å²) in [5, 5.41) is 12.5. The molecule has 7 nitrogen and oxygen atoms in total. The van der Waals surface area contributed by atoms with E-state index in [0.29, 0.717) is 5.76 Å². The second-order valence-electron chi connectivity index (χ2n) is 5.26. The van der Waals surface area contributed by atoms with Crippen LogP contribution in [0.1, 0.15) is 21.7 Å². The van der Waals surface area contributed by atoms with Crippen molar-refractivity contribution in [2.45, 2.75) is 13.0 Å². The van der Waals surface area contributed by atoms with Gasteiger partial charge in [-0.1, -0.05) is 12.1 Å². The van der Waals surface area contributed by atoms with Gasteiger partial charge in [-0.2, -0.15) is 0 Å². The number of carbonyl (C=O) groups excluding carboxylic acids is 1. The number of nitrogens with one attached hydrogen (secondary N) is 2. The number of hydrogen-bond donors (Lipinski definition) is 3. The van der Waals surface area contributed by atoms with Crippen molar-refractivity contribution in [3.8, 4) is 5.75 Å². The Labute approximate surface area is 137 Å². The van der Waals surface area contributed by atoms with Gasteiger partial charge < -0.3 is 24.6 Å². The maximum Gasteiger partial charge on any atom is 0.338 e. The highest BCUT2D eigenvalue weighted by Crippen LogP contribution is 2.27. The summed E-state index contributed by atoms with van der Waals surface area (Å²) >= 11 is 0. The van der Waals surface area contributed by atoms with E-state index in [4.69, 9.17) is 14.3 Å². The van der Waals surface area contributed by atoms with Crippen LogP contribution in [0.5, 0.6) is 5.75 Å². The number of aromatic carboxylic acids is 1. The summed E-state index contributed by atoms with van der Waals surface area (Å²) in [6.07, 6.45) is 3.12. The first-order chi connectivity index (χ1) is 11.6. The number of ether oxygens (including phenoxy) is 1. The summed E-state index contributed by atoms with van der Waals surface area (Å²) in [5.74, 6) is -0.145. The fourth-order valence-electron chi connectivity index (χ4n) is 2.51. The molecule has 3 N–H and O–H groups in total. The number of carbonyl (C=O) groups is 2. The first-order valence-corrected chi connectivity index (χ1v) is 7.29. The molecule has 3 aromatic rings. The maximum absolute atomic E-state index is 12.1. The molecule has 0 spiro atoms. The van der Waals surface area contributed by atoms with Gasteiger partial charge in [0.1, 0.15) is 17.8 Å². The van der Waals surface area contributed by atoms with Crippen molar-refractivity contribution in [2.75, 3.05) is 7.11 Å². The lowest BCUT2D eigenvalue weighted by Crippen LogP contribution is -2.24. The smallest absolute Gasteiger partial charge is 0.338 e. The molecular formula is C17H16N2O5. The summed E-state index contributed by atoms with van der Waals surface area (Å²) in [6, 6.07) is 7.02. The van der Waals surface area contributed by atoms with E-state index in [1.165, 1.54) is 6.07 Å². The van der Waals surface area contributed by atoms with Crippen LogP contribution in [0.3, 0.4) is 0 Å². The lowest BCUT2D eigenvalue weighted by Gasteiger charge is -2.04. The van der Waals surface area contributed by atoms with E-state index in [1.54, 1.807) is 13.3 Å². The molecule has 0 unspecified atom stereocenters. The van der Waals surface area contributed by atoms with E-state index in [0.717, 1.165) is 28.5 Å². The van der Waals surface area contributed by atoms with Crippen LogP contribution in [0.15, 0.2) is 41.1 Å². The Balaban J connectivity index is 1.65. The minimum Gasteiger partial charge on any atom is -0.495 e. The Bertz CT molecular complexity index is 893. The second-order valence-corrected chi connectivity index (χ2v) is 5.26. The molecule has 0 bridgehead atoms. The molecule has 7 heteroatoms. The zero-order valence-electron chi connectivity index (χ0n) is 13.0. The molecule has 1 aromatic carbocycles. The number of amides is 1.